The van der Waals surface area contributed by atoms with Crippen LogP contribution in [0.1, 0.15) is 37.4 Å². The highest BCUT2D eigenvalue weighted by molar-refractivity contribution is 5.27. The number of aromatic nitrogens is 1. The van der Waals surface area contributed by atoms with E-state index in [1.807, 2.05) is 0 Å². The summed E-state index contributed by atoms with van der Waals surface area (Å²) in [5.74, 6) is 0. The maximum absolute atomic E-state index is 13.0. The van der Waals surface area contributed by atoms with Gasteiger partial charge >= 0.3 is 6.18 Å². The summed E-state index contributed by atoms with van der Waals surface area (Å²) >= 11 is 0. The van der Waals surface area contributed by atoms with Gasteiger partial charge in [-0.2, -0.15) is 13.2 Å². The molecule has 0 amide bonds. The van der Waals surface area contributed by atoms with Crippen LogP contribution in [0.25, 0.3) is 0 Å². The number of alkyl halides is 3. The summed E-state index contributed by atoms with van der Waals surface area (Å²) in [6.07, 6.45) is -1.67. The smallest absolute Gasteiger partial charge is 0.313 e. The molecule has 112 valence electrons. The Balaban J connectivity index is 2.33. The number of halogens is 3. The van der Waals surface area contributed by atoms with E-state index in [-0.39, 0.29) is 11.6 Å². The van der Waals surface area contributed by atoms with Gasteiger partial charge in [0, 0.05) is 24.8 Å². The van der Waals surface area contributed by atoms with Crippen molar-refractivity contribution in [2.75, 3.05) is 19.6 Å². The lowest BCUT2D eigenvalue weighted by atomic mass is 10.0. The minimum Gasteiger partial charge on any atom is -0.313 e. The van der Waals surface area contributed by atoms with Crippen LogP contribution in [0.3, 0.4) is 0 Å². The molecule has 6 heteroatoms. The van der Waals surface area contributed by atoms with Gasteiger partial charge in [0.15, 0.2) is 0 Å². The van der Waals surface area contributed by atoms with Gasteiger partial charge in [-0.15, -0.1) is 0 Å². The predicted molar refractivity (Wildman–Crippen MR) is 70.9 cm³/mol. The standard InChI is InChI=1S/C14H19F3N2O/c1-10(2)19-9-11(4-7-18-5-3-6-18)12(8-13(19)20)14(15,16)17/h8-10H,3-7H2,1-2H3. The third-order valence-corrected chi connectivity index (χ3v) is 3.67. The van der Waals surface area contributed by atoms with Crippen LogP contribution in [0.5, 0.6) is 0 Å². The molecule has 1 aliphatic heterocycles. The van der Waals surface area contributed by atoms with Crippen molar-refractivity contribution in [2.45, 2.75) is 38.9 Å². The minimum absolute atomic E-state index is 0.146. The fourth-order valence-electron chi connectivity index (χ4n) is 2.34. The topological polar surface area (TPSA) is 25.2 Å². The van der Waals surface area contributed by atoms with Gasteiger partial charge in [0.2, 0.25) is 0 Å². The Morgan fingerprint density at radius 2 is 1.95 bits per heavy atom. The zero-order chi connectivity index (χ0) is 14.9. The Morgan fingerprint density at radius 3 is 2.40 bits per heavy atom. The molecule has 0 N–H and O–H groups in total. The molecule has 3 nitrogen and oxygen atoms in total. The highest BCUT2D eigenvalue weighted by Crippen LogP contribution is 2.31. The van der Waals surface area contributed by atoms with Gasteiger partial charge in [0.1, 0.15) is 0 Å². The normalized spacial score (nSPS) is 16.5. The molecule has 1 aromatic heterocycles. The summed E-state index contributed by atoms with van der Waals surface area (Å²) in [4.78, 5) is 13.9. The number of pyridine rings is 1. The SMILES string of the molecule is CC(C)n1cc(CCN2CCC2)c(C(F)(F)F)cc1=O. The van der Waals surface area contributed by atoms with Crippen molar-refractivity contribution in [2.24, 2.45) is 0 Å². The van der Waals surface area contributed by atoms with E-state index in [1.54, 1.807) is 13.8 Å². The van der Waals surface area contributed by atoms with Crippen LogP contribution in [0.2, 0.25) is 0 Å². The molecule has 2 heterocycles. The summed E-state index contributed by atoms with van der Waals surface area (Å²) in [7, 11) is 0. The number of nitrogens with zero attached hydrogens (tertiary/aromatic N) is 2. The molecular weight excluding hydrogens is 269 g/mol. The lowest BCUT2D eigenvalue weighted by Gasteiger charge is -2.31. The number of rotatable bonds is 4. The van der Waals surface area contributed by atoms with Gasteiger partial charge in [-0.3, -0.25) is 4.79 Å². The van der Waals surface area contributed by atoms with Crippen molar-refractivity contribution >= 4 is 0 Å². The van der Waals surface area contributed by atoms with Crippen LogP contribution in [0, 0.1) is 0 Å². The third-order valence-electron chi connectivity index (χ3n) is 3.67. The highest BCUT2D eigenvalue weighted by atomic mass is 19.4. The first kappa shape index (κ1) is 15.1. The first-order chi connectivity index (χ1) is 9.29. The third kappa shape index (κ3) is 3.23. The molecule has 0 spiro atoms. The maximum atomic E-state index is 13.0. The molecule has 2 rings (SSSR count). The molecule has 1 aliphatic rings. The fraction of sp³-hybridized carbons (Fsp3) is 0.643. The average molecular weight is 288 g/mol. The molecule has 0 aromatic carbocycles. The summed E-state index contributed by atoms with van der Waals surface area (Å²) in [6.45, 7) is 6.08. The van der Waals surface area contributed by atoms with E-state index in [1.165, 1.54) is 10.8 Å². The molecular formula is C14H19F3N2O. The second-order valence-electron chi connectivity index (χ2n) is 5.49. The van der Waals surface area contributed by atoms with Crippen LogP contribution in [0.15, 0.2) is 17.1 Å². The first-order valence-electron chi connectivity index (χ1n) is 6.83. The van der Waals surface area contributed by atoms with Gasteiger partial charge < -0.3 is 9.47 Å². The molecule has 0 saturated carbocycles. The monoisotopic (exact) mass is 288 g/mol. The molecule has 0 unspecified atom stereocenters. The fourth-order valence-corrected chi connectivity index (χ4v) is 2.34. The quantitative estimate of drug-likeness (QED) is 0.851. The molecule has 0 radical (unpaired) electrons. The molecule has 1 fully saturated rings. The van der Waals surface area contributed by atoms with Crippen molar-refractivity contribution in [1.29, 1.82) is 0 Å². The van der Waals surface area contributed by atoms with Gasteiger partial charge in [-0.1, -0.05) is 0 Å². The van der Waals surface area contributed by atoms with Crippen molar-refractivity contribution < 1.29 is 13.2 Å². The Labute approximate surface area is 116 Å². The zero-order valence-electron chi connectivity index (χ0n) is 11.7. The Bertz CT molecular complexity index is 530. The number of hydrogen-bond acceptors (Lipinski definition) is 2. The zero-order valence-corrected chi connectivity index (χ0v) is 11.7. The molecule has 0 bridgehead atoms. The molecule has 1 saturated heterocycles. The van der Waals surface area contributed by atoms with Crippen LogP contribution >= 0.6 is 0 Å². The largest absolute Gasteiger partial charge is 0.416 e. The lowest BCUT2D eigenvalue weighted by Crippen LogP contribution is -2.38. The van der Waals surface area contributed by atoms with E-state index in [2.05, 4.69) is 4.90 Å². The van der Waals surface area contributed by atoms with Gasteiger partial charge in [-0.05, 0) is 45.3 Å². The van der Waals surface area contributed by atoms with Gasteiger partial charge in [-0.25, -0.2) is 0 Å². The second-order valence-corrected chi connectivity index (χ2v) is 5.49. The number of likely N-dealkylation sites (tertiary alicyclic amines) is 1. The molecule has 0 aliphatic carbocycles. The van der Waals surface area contributed by atoms with Crippen molar-refractivity contribution in [3.05, 3.63) is 33.7 Å². The van der Waals surface area contributed by atoms with Gasteiger partial charge in [0.05, 0.1) is 5.56 Å². The molecule has 1 aromatic rings. The number of hydrogen-bond donors (Lipinski definition) is 0. The van der Waals surface area contributed by atoms with Gasteiger partial charge in [0.25, 0.3) is 5.56 Å². The van der Waals surface area contributed by atoms with Crippen molar-refractivity contribution in [3.8, 4) is 0 Å². The summed E-state index contributed by atoms with van der Waals surface area (Å²) in [5, 5.41) is 0. The average Bonchev–Trinajstić information content (AvgIpc) is 2.26. The van der Waals surface area contributed by atoms with E-state index < -0.39 is 17.3 Å². The van der Waals surface area contributed by atoms with E-state index in [0.29, 0.717) is 13.0 Å². The second kappa shape index (κ2) is 5.60. The first-order valence-corrected chi connectivity index (χ1v) is 6.83. The van der Waals surface area contributed by atoms with Crippen LogP contribution in [-0.4, -0.2) is 29.1 Å². The highest BCUT2D eigenvalue weighted by Gasteiger charge is 2.34. The van der Waals surface area contributed by atoms with E-state index in [0.717, 1.165) is 25.6 Å². The Hall–Kier alpha value is -1.30. The lowest BCUT2D eigenvalue weighted by molar-refractivity contribution is -0.138. The van der Waals surface area contributed by atoms with E-state index in [9.17, 15) is 18.0 Å². The predicted octanol–water partition coefficient (Wildman–Crippen LogP) is 2.70. The summed E-state index contributed by atoms with van der Waals surface area (Å²) < 4.78 is 40.4. The van der Waals surface area contributed by atoms with E-state index in [4.69, 9.17) is 0 Å². The summed E-state index contributed by atoms with van der Waals surface area (Å²) in [5.41, 5.74) is -1.18. The van der Waals surface area contributed by atoms with Crippen molar-refractivity contribution in [1.82, 2.24) is 9.47 Å². The van der Waals surface area contributed by atoms with Crippen LogP contribution in [-0.2, 0) is 12.6 Å². The minimum atomic E-state index is -4.47. The Kier molecular flexibility index (Phi) is 4.22. The van der Waals surface area contributed by atoms with E-state index >= 15 is 0 Å². The van der Waals surface area contributed by atoms with Crippen LogP contribution < -0.4 is 5.56 Å². The molecule has 20 heavy (non-hydrogen) atoms. The summed E-state index contributed by atoms with van der Waals surface area (Å²) in [6, 6.07) is 0.582. The van der Waals surface area contributed by atoms with Crippen LogP contribution in [0.4, 0.5) is 13.2 Å². The Morgan fingerprint density at radius 1 is 1.30 bits per heavy atom. The maximum Gasteiger partial charge on any atom is 0.416 e. The van der Waals surface area contributed by atoms with Crippen molar-refractivity contribution in [3.63, 3.8) is 0 Å². The molecule has 0 atom stereocenters.